The van der Waals surface area contributed by atoms with Crippen LogP contribution < -0.4 is 10.2 Å². The van der Waals surface area contributed by atoms with Gasteiger partial charge in [-0.05, 0) is 80.4 Å². The zero-order valence-corrected chi connectivity index (χ0v) is 19.6. The van der Waals surface area contributed by atoms with E-state index in [1.165, 1.54) is 67.9 Å². The van der Waals surface area contributed by atoms with E-state index in [1.54, 1.807) is 5.56 Å². The van der Waals surface area contributed by atoms with Crippen LogP contribution in [0.1, 0.15) is 41.3 Å². The van der Waals surface area contributed by atoms with E-state index in [4.69, 9.17) is 4.98 Å². The molecule has 4 heterocycles. The van der Waals surface area contributed by atoms with E-state index in [0.29, 0.717) is 12.1 Å². The summed E-state index contributed by atoms with van der Waals surface area (Å²) in [6.07, 6.45) is 6.77. The summed E-state index contributed by atoms with van der Waals surface area (Å²) in [7, 11) is 4.58. The van der Waals surface area contributed by atoms with Crippen molar-refractivity contribution >= 4 is 5.69 Å². The van der Waals surface area contributed by atoms with Gasteiger partial charge in [0.05, 0.1) is 11.7 Å². The lowest BCUT2D eigenvalue weighted by atomic mass is 9.89. The number of nitrogens with one attached hydrogen (secondary N) is 1. The van der Waals surface area contributed by atoms with Crippen LogP contribution in [0.25, 0.3) is 0 Å². The Morgan fingerprint density at radius 3 is 2.72 bits per heavy atom. The highest BCUT2D eigenvalue weighted by Crippen LogP contribution is 2.37. The number of rotatable bonds is 4. The fourth-order valence-corrected chi connectivity index (χ4v) is 6.93. The zero-order chi connectivity index (χ0) is 21.7. The van der Waals surface area contributed by atoms with E-state index in [0.717, 1.165) is 31.3 Å². The summed E-state index contributed by atoms with van der Waals surface area (Å²) in [6, 6.07) is 12.3. The molecule has 0 bridgehead atoms. The Balaban J connectivity index is 1.17. The number of hydrogen-bond acceptors (Lipinski definition) is 5. The first-order valence-corrected chi connectivity index (χ1v) is 12.6. The molecular formula is C27H37N5. The lowest BCUT2D eigenvalue weighted by molar-refractivity contribution is 0.191. The van der Waals surface area contributed by atoms with Gasteiger partial charge in [-0.15, -0.1) is 0 Å². The van der Waals surface area contributed by atoms with Gasteiger partial charge in [0, 0.05) is 57.2 Å². The van der Waals surface area contributed by atoms with Crippen molar-refractivity contribution < 1.29 is 0 Å². The number of likely N-dealkylation sites (tertiary alicyclic amines) is 1. The Labute approximate surface area is 192 Å². The van der Waals surface area contributed by atoms with Crippen LogP contribution in [0.3, 0.4) is 0 Å². The number of likely N-dealkylation sites (N-methyl/N-ethyl adjacent to an activating group) is 1. The summed E-state index contributed by atoms with van der Waals surface area (Å²) in [5.74, 6) is 1.69. The fourth-order valence-electron chi connectivity index (χ4n) is 6.93. The van der Waals surface area contributed by atoms with Crippen LogP contribution in [0.2, 0.25) is 0 Å². The molecule has 0 amide bonds. The minimum absolute atomic E-state index is 0.452. The Morgan fingerprint density at radius 1 is 1.06 bits per heavy atom. The molecule has 1 aliphatic carbocycles. The molecule has 32 heavy (non-hydrogen) atoms. The third kappa shape index (κ3) is 3.74. The highest BCUT2D eigenvalue weighted by Gasteiger charge is 2.39. The van der Waals surface area contributed by atoms with Crippen molar-refractivity contribution in [1.29, 1.82) is 0 Å². The molecule has 5 nitrogen and oxygen atoms in total. The van der Waals surface area contributed by atoms with Crippen LogP contribution in [-0.2, 0) is 19.4 Å². The number of fused-ring (bicyclic) bond motifs is 3. The van der Waals surface area contributed by atoms with Crippen LogP contribution in [0.4, 0.5) is 5.69 Å². The number of aryl methyl sites for hydroxylation is 1. The Hall–Kier alpha value is -1.95. The molecule has 4 atom stereocenters. The summed E-state index contributed by atoms with van der Waals surface area (Å²) in [5.41, 5.74) is 7.37. The van der Waals surface area contributed by atoms with Crippen molar-refractivity contribution in [2.24, 2.45) is 11.8 Å². The maximum atomic E-state index is 4.78. The lowest BCUT2D eigenvalue weighted by Crippen LogP contribution is -2.45. The van der Waals surface area contributed by atoms with Crippen molar-refractivity contribution in [3.8, 4) is 0 Å². The molecule has 0 saturated carbocycles. The molecule has 2 saturated heterocycles. The fraction of sp³-hybridized carbons (Fsp3) is 0.593. The van der Waals surface area contributed by atoms with E-state index >= 15 is 0 Å². The van der Waals surface area contributed by atoms with Crippen molar-refractivity contribution in [2.75, 3.05) is 51.7 Å². The number of hydrogen-bond donors (Lipinski definition) is 1. The third-order valence-electron chi connectivity index (χ3n) is 8.50. The summed E-state index contributed by atoms with van der Waals surface area (Å²) >= 11 is 0. The van der Waals surface area contributed by atoms with E-state index in [1.807, 2.05) is 6.20 Å². The second-order valence-electron chi connectivity index (χ2n) is 10.7. The topological polar surface area (TPSA) is 34.6 Å². The van der Waals surface area contributed by atoms with Gasteiger partial charge in [-0.2, -0.15) is 0 Å². The molecule has 6 rings (SSSR count). The van der Waals surface area contributed by atoms with Gasteiger partial charge >= 0.3 is 0 Å². The first-order valence-electron chi connectivity index (χ1n) is 12.6. The van der Waals surface area contributed by atoms with E-state index in [-0.39, 0.29) is 0 Å². The zero-order valence-electron chi connectivity index (χ0n) is 19.6. The average Bonchev–Trinajstić information content (AvgIpc) is 3.35. The molecule has 4 aliphatic rings. The second-order valence-corrected chi connectivity index (χ2v) is 10.7. The molecule has 0 unspecified atom stereocenters. The molecule has 170 valence electrons. The Morgan fingerprint density at radius 2 is 1.88 bits per heavy atom. The Bertz CT molecular complexity index is 960. The number of aromatic nitrogens is 1. The molecule has 0 radical (unpaired) electrons. The molecule has 2 aromatic rings. The number of benzene rings is 1. The summed E-state index contributed by atoms with van der Waals surface area (Å²) in [6.45, 7) is 7.06. The minimum atomic E-state index is 0.452. The molecule has 1 N–H and O–H groups in total. The van der Waals surface area contributed by atoms with Gasteiger partial charge in [-0.25, -0.2) is 0 Å². The summed E-state index contributed by atoms with van der Waals surface area (Å²) in [4.78, 5) is 12.6. The predicted octanol–water partition coefficient (Wildman–Crippen LogP) is 3.10. The highest BCUT2D eigenvalue weighted by atomic mass is 15.2. The highest BCUT2D eigenvalue weighted by molar-refractivity contribution is 5.59. The number of nitrogens with zero attached hydrogens (tertiary/aromatic N) is 4. The molecular weight excluding hydrogens is 394 g/mol. The SMILES string of the molecule is CN1C[C@H]2CN(c3cccc4c3C[C@H](CN(C)[C@H]3CCCc5cccnc53)NC4)C[C@@H]2C1. The first-order chi connectivity index (χ1) is 15.7. The molecule has 2 fully saturated rings. The van der Waals surface area contributed by atoms with Gasteiger partial charge < -0.3 is 15.1 Å². The average molecular weight is 432 g/mol. The van der Waals surface area contributed by atoms with Gasteiger partial charge in [0.2, 0.25) is 0 Å². The van der Waals surface area contributed by atoms with Crippen molar-refractivity contribution in [3.63, 3.8) is 0 Å². The van der Waals surface area contributed by atoms with Gasteiger partial charge in [0.15, 0.2) is 0 Å². The van der Waals surface area contributed by atoms with Crippen molar-refractivity contribution in [1.82, 2.24) is 20.1 Å². The van der Waals surface area contributed by atoms with Gasteiger partial charge in [-0.1, -0.05) is 18.2 Å². The van der Waals surface area contributed by atoms with Gasteiger partial charge in [-0.3, -0.25) is 9.88 Å². The van der Waals surface area contributed by atoms with Gasteiger partial charge in [0.1, 0.15) is 0 Å². The van der Waals surface area contributed by atoms with Crippen LogP contribution >= 0.6 is 0 Å². The predicted molar refractivity (Wildman–Crippen MR) is 130 cm³/mol. The second kappa shape index (κ2) is 8.44. The van der Waals surface area contributed by atoms with E-state index in [2.05, 4.69) is 64.4 Å². The smallest absolute Gasteiger partial charge is 0.0607 e. The summed E-state index contributed by atoms with van der Waals surface area (Å²) < 4.78 is 0. The van der Waals surface area contributed by atoms with Crippen molar-refractivity contribution in [2.45, 2.75) is 44.3 Å². The standard InChI is InChI=1S/C27H37N5/c1-30-14-21-16-32(17-22(21)15-30)25-9-4-7-20-13-29-23(12-24(20)25)18-31(2)26-10-3-6-19-8-5-11-28-27(19)26/h4-5,7-9,11,21-23,26,29H,3,6,10,12-18H2,1-2H3/t21-,22-,23+,26-/m0/s1. The largest absolute Gasteiger partial charge is 0.371 e. The summed E-state index contributed by atoms with van der Waals surface area (Å²) in [5, 5.41) is 3.85. The first kappa shape index (κ1) is 20.6. The van der Waals surface area contributed by atoms with Crippen LogP contribution in [0.5, 0.6) is 0 Å². The quantitative estimate of drug-likeness (QED) is 0.805. The molecule has 1 aromatic heterocycles. The van der Waals surface area contributed by atoms with Crippen LogP contribution in [0.15, 0.2) is 36.5 Å². The van der Waals surface area contributed by atoms with E-state index in [9.17, 15) is 0 Å². The minimum Gasteiger partial charge on any atom is -0.371 e. The monoisotopic (exact) mass is 431 g/mol. The van der Waals surface area contributed by atoms with Crippen LogP contribution in [-0.4, -0.2) is 67.6 Å². The van der Waals surface area contributed by atoms with Gasteiger partial charge in [0.25, 0.3) is 0 Å². The maximum Gasteiger partial charge on any atom is 0.0607 e. The third-order valence-corrected chi connectivity index (χ3v) is 8.50. The molecule has 0 spiro atoms. The maximum absolute atomic E-state index is 4.78. The molecule has 3 aliphatic heterocycles. The van der Waals surface area contributed by atoms with Crippen molar-refractivity contribution in [3.05, 3.63) is 58.9 Å². The van der Waals surface area contributed by atoms with Crippen LogP contribution in [0, 0.1) is 11.8 Å². The number of pyridine rings is 1. The molecule has 1 aromatic carbocycles. The number of anilines is 1. The van der Waals surface area contributed by atoms with E-state index < -0.39 is 0 Å². The Kier molecular flexibility index (Phi) is 5.44. The lowest BCUT2D eigenvalue weighted by Gasteiger charge is -2.37. The molecule has 5 heteroatoms. The normalized spacial score (nSPS) is 29.8.